The number of aryl methyl sites for hydroxylation is 1. The molecule has 0 aliphatic rings. The molecule has 2 aromatic heterocycles. The standard InChI is InChI=1S/C24H22ClN3O3/c1-16(18-9-11-19(12-10-18)28-13-5-6-14-28)26-24(29)23-20(17(2)31-27-23)15-30-22-8-4-3-7-21(22)25/h3-14,16H,15H2,1-2H3,(H,26,29). The molecular formula is C24H22ClN3O3. The van der Waals surface area contributed by atoms with E-state index in [1.807, 2.05) is 72.4 Å². The Morgan fingerprint density at radius 1 is 1.13 bits per heavy atom. The van der Waals surface area contributed by atoms with Gasteiger partial charge in [-0.1, -0.05) is 41.0 Å². The molecule has 0 aliphatic heterocycles. The molecule has 1 unspecified atom stereocenters. The largest absolute Gasteiger partial charge is 0.487 e. The normalized spacial score (nSPS) is 11.8. The quantitative estimate of drug-likeness (QED) is 0.416. The highest BCUT2D eigenvalue weighted by Gasteiger charge is 2.22. The third kappa shape index (κ3) is 4.64. The lowest BCUT2D eigenvalue weighted by Crippen LogP contribution is -2.28. The number of benzene rings is 2. The molecule has 4 aromatic rings. The summed E-state index contributed by atoms with van der Waals surface area (Å²) in [4.78, 5) is 12.9. The van der Waals surface area contributed by atoms with Crippen LogP contribution in [0.4, 0.5) is 0 Å². The Morgan fingerprint density at radius 2 is 1.84 bits per heavy atom. The number of carbonyl (C=O) groups excluding carboxylic acids is 1. The number of nitrogens with zero attached hydrogens (tertiary/aromatic N) is 2. The van der Waals surface area contributed by atoms with E-state index in [0.29, 0.717) is 22.1 Å². The molecule has 31 heavy (non-hydrogen) atoms. The van der Waals surface area contributed by atoms with Crippen molar-refractivity contribution >= 4 is 17.5 Å². The van der Waals surface area contributed by atoms with Crippen molar-refractivity contribution in [1.29, 1.82) is 0 Å². The van der Waals surface area contributed by atoms with Gasteiger partial charge in [-0.25, -0.2) is 0 Å². The molecule has 1 N–H and O–H groups in total. The number of nitrogens with one attached hydrogen (secondary N) is 1. The molecule has 7 heteroatoms. The van der Waals surface area contributed by atoms with E-state index in [4.69, 9.17) is 20.9 Å². The molecule has 6 nitrogen and oxygen atoms in total. The molecule has 0 aliphatic carbocycles. The van der Waals surface area contributed by atoms with Crippen LogP contribution in [0.2, 0.25) is 5.02 Å². The summed E-state index contributed by atoms with van der Waals surface area (Å²) in [7, 11) is 0. The number of para-hydroxylation sites is 1. The third-order valence-electron chi connectivity index (χ3n) is 5.05. The minimum Gasteiger partial charge on any atom is -0.487 e. The van der Waals surface area contributed by atoms with Gasteiger partial charge in [0, 0.05) is 18.1 Å². The Bertz CT molecular complexity index is 1170. The topological polar surface area (TPSA) is 69.3 Å². The Morgan fingerprint density at radius 3 is 2.55 bits per heavy atom. The molecule has 0 saturated heterocycles. The molecule has 1 atom stereocenters. The first kappa shape index (κ1) is 20.8. The maximum absolute atomic E-state index is 12.9. The van der Waals surface area contributed by atoms with Crippen molar-refractivity contribution in [2.75, 3.05) is 0 Å². The summed E-state index contributed by atoms with van der Waals surface area (Å²) in [5.74, 6) is 0.741. The molecule has 0 saturated carbocycles. The van der Waals surface area contributed by atoms with Gasteiger partial charge in [-0.3, -0.25) is 4.79 Å². The van der Waals surface area contributed by atoms with E-state index >= 15 is 0 Å². The van der Waals surface area contributed by atoms with Crippen molar-refractivity contribution in [3.8, 4) is 11.4 Å². The Labute approximate surface area is 185 Å². The predicted octanol–water partition coefficient (Wildman–Crippen LogP) is 5.50. The Kier molecular flexibility index (Phi) is 6.09. The minimum atomic E-state index is -0.323. The molecule has 0 bridgehead atoms. The van der Waals surface area contributed by atoms with E-state index in [2.05, 4.69) is 10.5 Å². The van der Waals surface area contributed by atoms with E-state index in [9.17, 15) is 4.79 Å². The number of amides is 1. The number of carbonyl (C=O) groups is 1. The van der Waals surface area contributed by atoms with Crippen LogP contribution in [0.3, 0.4) is 0 Å². The molecule has 0 radical (unpaired) electrons. The zero-order valence-electron chi connectivity index (χ0n) is 17.2. The van der Waals surface area contributed by atoms with Gasteiger partial charge in [-0.2, -0.15) is 0 Å². The summed E-state index contributed by atoms with van der Waals surface area (Å²) >= 11 is 6.14. The van der Waals surface area contributed by atoms with Crippen LogP contribution in [0, 0.1) is 6.92 Å². The molecule has 0 fully saturated rings. The van der Waals surface area contributed by atoms with Crippen LogP contribution >= 0.6 is 11.6 Å². The van der Waals surface area contributed by atoms with Gasteiger partial charge in [0.2, 0.25) is 0 Å². The Hall–Kier alpha value is -3.51. The highest BCUT2D eigenvalue weighted by atomic mass is 35.5. The van der Waals surface area contributed by atoms with Gasteiger partial charge in [0.25, 0.3) is 5.91 Å². The fraction of sp³-hybridized carbons (Fsp3) is 0.167. The van der Waals surface area contributed by atoms with E-state index in [1.54, 1.807) is 19.1 Å². The number of halogens is 1. The minimum absolute atomic E-state index is 0.127. The monoisotopic (exact) mass is 435 g/mol. The second-order valence-corrected chi connectivity index (χ2v) is 7.57. The van der Waals surface area contributed by atoms with Gasteiger partial charge in [0.15, 0.2) is 5.69 Å². The smallest absolute Gasteiger partial charge is 0.274 e. The van der Waals surface area contributed by atoms with Crippen molar-refractivity contribution in [1.82, 2.24) is 15.0 Å². The average molecular weight is 436 g/mol. The molecule has 1 amide bonds. The van der Waals surface area contributed by atoms with Gasteiger partial charge >= 0.3 is 0 Å². The van der Waals surface area contributed by atoms with Crippen LogP contribution in [0.5, 0.6) is 5.75 Å². The fourth-order valence-electron chi connectivity index (χ4n) is 3.24. The summed E-state index contributed by atoms with van der Waals surface area (Å²) in [6.45, 7) is 3.80. The second-order valence-electron chi connectivity index (χ2n) is 7.16. The lowest BCUT2D eigenvalue weighted by atomic mass is 10.1. The predicted molar refractivity (Wildman–Crippen MR) is 119 cm³/mol. The van der Waals surface area contributed by atoms with Crippen LogP contribution in [0.1, 0.15) is 40.3 Å². The third-order valence-corrected chi connectivity index (χ3v) is 5.36. The van der Waals surface area contributed by atoms with Crippen molar-refractivity contribution < 1.29 is 14.1 Å². The summed E-state index contributed by atoms with van der Waals surface area (Å²) in [6.07, 6.45) is 3.97. The number of ether oxygens (including phenoxy) is 1. The SMILES string of the molecule is Cc1onc(C(=O)NC(C)c2ccc(-n3cccc3)cc2)c1COc1ccccc1Cl. The molecule has 2 heterocycles. The maximum Gasteiger partial charge on any atom is 0.274 e. The summed E-state index contributed by atoms with van der Waals surface area (Å²) in [5.41, 5.74) is 2.84. The van der Waals surface area contributed by atoms with E-state index in [1.165, 1.54) is 0 Å². The average Bonchev–Trinajstić information content (AvgIpc) is 3.43. The number of rotatable bonds is 7. The second kappa shape index (κ2) is 9.10. The van der Waals surface area contributed by atoms with Crippen molar-refractivity contribution in [2.24, 2.45) is 0 Å². The fourth-order valence-corrected chi connectivity index (χ4v) is 3.43. The van der Waals surface area contributed by atoms with Gasteiger partial charge in [0.1, 0.15) is 18.1 Å². The molecule has 4 rings (SSSR count). The Balaban J connectivity index is 1.44. The highest BCUT2D eigenvalue weighted by molar-refractivity contribution is 6.32. The van der Waals surface area contributed by atoms with Crippen LogP contribution in [-0.2, 0) is 6.61 Å². The first-order chi connectivity index (χ1) is 15.0. The zero-order valence-corrected chi connectivity index (χ0v) is 18.0. The molecular weight excluding hydrogens is 414 g/mol. The maximum atomic E-state index is 12.9. The number of aromatic nitrogens is 2. The van der Waals surface area contributed by atoms with Gasteiger partial charge < -0.3 is 19.1 Å². The molecule has 0 spiro atoms. The lowest BCUT2D eigenvalue weighted by molar-refractivity contribution is 0.0928. The van der Waals surface area contributed by atoms with Crippen LogP contribution in [0.25, 0.3) is 5.69 Å². The summed E-state index contributed by atoms with van der Waals surface area (Å²) in [6, 6.07) is 18.9. The molecule has 2 aromatic carbocycles. The first-order valence-corrected chi connectivity index (χ1v) is 10.3. The van der Waals surface area contributed by atoms with E-state index in [0.717, 1.165) is 11.3 Å². The summed E-state index contributed by atoms with van der Waals surface area (Å²) in [5, 5.41) is 7.42. The first-order valence-electron chi connectivity index (χ1n) is 9.89. The van der Waals surface area contributed by atoms with Gasteiger partial charge in [-0.15, -0.1) is 0 Å². The highest BCUT2D eigenvalue weighted by Crippen LogP contribution is 2.25. The van der Waals surface area contributed by atoms with Crippen molar-refractivity contribution in [3.05, 3.63) is 101 Å². The molecule has 158 valence electrons. The van der Waals surface area contributed by atoms with Gasteiger partial charge in [-0.05, 0) is 55.8 Å². The van der Waals surface area contributed by atoms with Gasteiger partial charge in [0.05, 0.1) is 16.6 Å². The number of hydrogen-bond donors (Lipinski definition) is 1. The van der Waals surface area contributed by atoms with E-state index in [-0.39, 0.29) is 24.2 Å². The van der Waals surface area contributed by atoms with Crippen LogP contribution < -0.4 is 10.1 Å². The van der Waals surface area contributed by atoms with Crippen molar-refractivity contribution in [3.63, 3.8) is 0 Å². The van der Waals surface area contributed by atoms with Crippen LogP contribution in [0.15, 0.2) is 77.6 Å². The lowest BCUT2D eigenvalue weighted by Gasteiger charge is -2.15. The van der Waals surface area contributed by atoms with Crippen molar-refractivity contribution in [2.45, 2.75) is 26.5 Å². The summed E-state index contributed by atoms with van der Waals surface area (Å²) < 4.78 is 13.1. The number of hydrogen-bond acceptors (Lipinski definition) is 4. The van der Waals surface area contributed by atoms with Crippen LogP contribution in [-0.4, -0.2) is 15.6 Å². The van der Waals surface area contributed by atoms with E-state index < -0.39 is 0 Å². The zero-order chi connectivity index (χ0) is 21.8.